The number of ketones is 1. The first-order valence-corrected chi connectivity index (χ1v) is 3.96. The molecule has 0 heterocycles. The van der Waals surface area contributed by atoms with Gasteiger partial charge in [0.15, 0.2) is 0 Å². The lowest BCUT2D eigenvalue weighted by molar-refractivity contribution is -0.115. The summed E-state index contributed by atoms with van der Waals surface area (Å²) in [5.74, 6) is 5.34. The molecule has 0 radical (unpaired) electrons. The molecule has 2 heteroatoms. The van der Waals surface area contributed by atoms with Gasteiger partial charge in [0.05, 0.1) is 6.04 Å². The summed E-state index contributed by atoms with van der Waals surface area (Å²) in [6, 6.07) is -0.0888. The Labute approximate surface area is 68.4 Å². The average molecular weight is 153 g/mol. The van der Waals surface area contributed by atoms with Gasteiger partial charge in [0.25, 0.3) is 0 Å². The van der Waals surface area contributed by atoms with Crippen LogP contribution in [-0.4, -0.2) is 18.9 Å². The number of rotatable bonds is 3. The number of nitrogens with one attached hydrogen (secondary N) is 1. The van der Waals surface area contributed by atoms with Crippen LogP contribution in [-0.2, 0) is 4.79 Å². The van der Waals surface area contributed by atoms with Crippen LogP contribution in [0.15, 0.2) is 0 Å². The average Bonchev–Trinajstić information content (AvgIpc) is 2.03. The monoisotopic (exact) mass is 153 g/mol. The van der Waals surface area contributed by atoms with Crippen molar-refractivity contribution >= 4 is 5.78 Å². The SMILES string of the molecule is CCC#CC(=O)[C@@H](CC)NC. The Morgan fingerprint density at radius 3 is 2.55 bits per heavy atom. The highest BCUT2D eigenvalue weighted by molar-refractivity contribution is 5.99. The first-order valence-electron chi connectivity index (χ1n) is 3.96. The molecule has 0 fully saturated rings. The zero-order valence-electron chi connectivity index (χ0n) is 7.40. The van der Waals surface area contributed by atoms with Gasteiger partial charge in [-0.25, -0.2) is 0 Å². The standard InChI is InChI=1S/C9H15NO/c1-4-6-7-9(11)8(5-2)10-3/h8,10H,4-5H2,1-3H3/t8-/m1/s1. The summed E-state index contributed by atoms with van der Waals surface area (Å²) in [5, 5.41) is 2.91. The number of hydrogen-bond donors (Lipinski definition) is 1. The summed E-state index contributed by atoms with van der Waals surface area (Å²) < 4.78 is 0. The van der Waals surface area contributed by atoms with E-state index in [2.05, 4.69) is 17.2 Å². The summed E-state index contributed by atoms with van der Waals surface area (Å²) in [6.07, 6.45) is 1.54. The van der Waals surface area contributed by atoms with E-state index in [1.807, 2.05) is 13.8 Å². The van der Waals surface area contributed by atoms with Crippen LogP contribution >= 0.6 is 0 Å². The predicted molar refractivity (Wildman–Crippen MR) is 46.2 cm³/mol. The number of hydrogen-bond acceptors (Lipinski definition) is 2. The van der Waals surface area contributed by atoms with Gasteiger partial charge in [-0.3, -0.25) is 4.79 Å². The molecule has 0 rings (SSSR count). The molecule has 0 aromatic heterocycles. The zero-order chi connectivity index (χ0) is 8.69. The number of likely N-dealkylation sites (N-methyl/N-ethyl adjacent to an activating group) is 1. The Balaban J connectivity index is 3.99. The molecule has 0 aromatic carbocycles. The lowest BCUT2D eigenvalue weighted by Gasteiger charge is -2.06. The van der Waals surface area contributed by atoms with Crippen LogP contribution in [0.5, 0.6) is 0 Å². The molecule has 0 aliphatic heterocycles. The third-order valence-electron chi connectivity index (χ3n) is 1.46. The van der Waals surface area contributed by atoms with E-state index < -0.39 is 0 Å². The van der Waals surface area contributed by atoms with Crippen molar-refractivity contribution in [2.75, 3.05) is 7.05 Å². The van der Waals surface area contributed by atoms with Crippen LogP contribution in [0.1, 0.15) is 26.7 Å². The molecule has 0 aromatic rings. The molecule has 0 unspecified atom stereocenters. The molecule has 0 aliphatic rings. The second-order valence-corrected chi connectivity index (χ2v) is 2.27. The van der Waals surface area contributed by atoms with E-state index in [0.717, 1.165) is 12.8 Å². The first-order chi connectivity index (χ1) is 5.26. The Morgan fingerprint density at radius 2 is 2.18 bits per heavy atom. The normalized spacial score (nSPS) is 11.5. The molecular formula is C9H15NO. The highest BCUT2D eigenvalue weighted by Crippen LogP contribution is 1.90. The highest BCUT2D eigenvalue weighted by Gasteiger charge is 2.09. The van der Waals surface area contributed by atoms with E-state index in [1.54, 1.807) is 7.05 Å². The predicted octanol–water partition coefficient (Wildman–Crippen LogP) is 0.967. The molecule has 0 amide bonds. The van der Waals surface area contributed by atoms with Crippen molar-refractivity contribution in [3.05, 3.63) is 0 Å². The van der Waals surface area contributed by atoms with Gasteiger partial charge in [-0.2, -0.15) is 0 Å². The van der Waals surface area contributed by atoms with Crippen molar-refractivity contribution in [2.24, 2.45) is 0 Å². The molecule has 0 bridgehead atoms. The van der Waals surface area contributed by atoms with Gasteiger partial charge < -0.3 is 5.32 Å². The van der Waals surface area contributed by atoms with Crippen molar-refractivity contribution < 1.29 is 4.79 Å². The van der Waals surface area contributed by atoms with Crippen molar-refractivity contribution in [1.82, 2.24) is 5.32 Å². The van der Waals surface area contributed by atoms with Gasteiger partial charge in [0.2, 0.25) is 5.78 Å². The molecule has 0 aliphatic carbocycles. The smallest absolute Gasteiger partial charge is 0.222 e. The van der Waals surface area contributed by atoms with Crippen molar-refractivity contribution in [1.29, 1.82) is 0 Å². The molecule has 0 spiro atoms. The fourth-order valence-electron chi connectivity index (χ4n) is 0.783. The van der Waals surface area contributed by atoms with E-state index in [-0.39, 0.29) is 11.8 Å². The maximum atomic E-state index is 11.1. The minimum Gasteiger partial charge on any atom is -0.310 e. The quantitative estimate of drug-likeness (QED) is 0.483. The number of Topliss-reactive ketones (excluding diaryl/α,β-unsaturated/α-hetero) is 1. The van der Waals surface area contributed by atoms with Gasteiger partial charge in [-0.05, 0) is 19.4 Å². The Bertz CT molecular complexity index is 172. The van der Waals surface area contributed by atoms with Crippen LogP contribution in [0.4, 0.5) is 0 Å². The maximum absolute atomic E-state index is 11.1. The molecule has 0 saturated carbocycles. The van der Waals surface area contributed by atoms with Crippen LogP contribution in [0, 0.1) is 11.8 Å². The van der Waals surface area contributed by atoms with Gasteiger partial charge in [-0.15, -0.1) is 0 Å². The largest absolute Gasteiger partial charge is 0.310 e. The van der Waals surface area contributed by atoms with Gasteiger partial charge in [0.1, 0.15) is 0 Å². The second-order valence-electron chi connectivity index (χ2n) is 2.27. The summed E-state index contributed by atoms with van der Waals surface area (Å²) in [7, 11) is 1.78. The summed E-state index contributed by atoms with van der Waals surface area (Å²) in [4.78, 5) is 11.1. The van der Waals surface area contributed by atoms with Crippen LogP contribution < -0.4 is 5.32 Å². The van der Waals surface area contributed by atoms with Gasteiger partial charge in [0, 0.05) is 6.42 Å². The Kier molecular flexibility index (Phi) is 5.50. The summed E-state index contributed by atoms with van der Waals surface area (Å²) in [5.41, 5.74) is 0. The van der Waals surface area contributed by atoms with E-state index in [4.69, 9.17) is 0 Å². The third-order valence-corrected chi connectivity index (χ3v) is 1.46. The molecule has 1 N–H and O–H groups in total. The Morgan fingerprint density at radius 1 is 1.55 bits per heavy atom. The van der Waals surface area contributed by atoms with Crippen LogP contribution in [0.3, 0.4) is 0 Å². The van der Waals surface area contributed by atoms with Crippen molar-refractivity contribution in [2.45, 2.75) is 32.7 Å². The third kappa shape index (κ3) is 3.79. The molecule has 11 heavy (non-hydrogen) atoms. The highest BCUT2D eigenvalue weighted by atomic mass is 16.1. The molecule has 0 saturated heterocycles. The minimum absolute atomic E-state index is 0.00292. The summed E-state index contributed by atoms with van der Waals surface area (Å²) >= 11 is 0. The maximum Gasteiger partial charge on any atom is 0.222 e. The summed E-state index contributed by atoms with van der Waals surface area (Å²) in [6.45, 7) is 3.90. The van der Waals surface area contributed by atoms with Crippen LogP contribution in [0.2, 0.25) is 0 Å². The Hall–Kier alpha value is -0.810. The lowest BCUT2D eigenvalue weighted by Crippen LogP contribution is -2.32. The molecule has 1 atom stereocenters. The number of carbonyl (C=O) groups excluding carboxylic acids is 1. The minimum atomic E-state index is -0.0888. The molecular weight excluding hydrogens is 138 g/mol. The van der Waals surface area contributed by atoms with Gasteiger partial charge in [-0.1, -0.05) is 19.8 Å². The van der Waals surface area contributed by atoms with Crippen LogP contribution in [0.25, 0.3) is 0 Å². The molecule has 62 valence electrons. The first kappa shape index (κ1) is 10.2. The fraction of sp³-hybridized carbons (Fsp3) is 0.667. The topological polar surface area (TPSA) is 29.1 Å². The van der Waals surface area contributed by atoms with E-state index in [1.165, 1.54) is 0 Å². The number of carbonyl (C=O) groups is 1. The molecule has 2 nitrogen and oxygen atoms in total. The van der Waals surface area contributed by atoms with Crippen molar-refractivity contribution in [3.63, 3.8) is 0 Å². The zero-order valence-corrected chi connectivity index (χ0v) is 7.40. The van der Waals surface area contributed by atoms with E-state index in [0.29, 0.717) is 0 Å². The van der Waals surface area contributed by atoms with E-state index >= 15 is 0 Å². The lowest BCUT2D eigenvalue weighted by atomic mass is 10.1. The van der Waals surface area contributed by atoms with Gasteiger partial charge >= 0.3 is 0 Å². The van der Waals surface area contributed by atoms with E-state index in [9.17, 15) is 4.79 Å². The fourth-order valence-corrected chi connectivity index (χ4v) is 0.783. The second kappa shape index (κ2) is 5.94. The van der Waals surface area contributed by atoms with Crippen molar-refractivity contribution in [3.8, 4) is 11.8 Å².